The topological polar surface area (TPSA) is 60.9 Å². The zero-order chi connectivity index (χ0) is 14.0. The first-order chi connectivity index (χ1) is 9.00. The second-order valence-electron chi connectivity index (χ2n) is 4.91. The number of anilines is 1. The molecule has 0 spiro atoms. The molecule has 1 aromatic rings. The molecule has 2 rings (SSSR count). The number of likely N-dealkylation sites (N-methyl/N-ethyl adjacent to an activating group) is 1. The Labute approximate surface area is 112 Å². The highest BCUT2D eigenvalue weighted by Gasteiger charge is 2.36. The van der Waals surface area contributed by atoms with Crippen molar-refractivity contribution in [2.24, 2.45) is 0 Å². The smallest absolute Gasteiger partial charge is 0.324 e. The monoisotopic (exact) mass is 262 g/mol. The summed E-state index contributed by atoms with van der Waals surface area (Å²) in [7, 11) is 1.74. The second kappa shape index (κ2) is 5.30. The third-order valence-electron chi connectivity index (χ3n) is 3.45. The first-order valence-corrected chi connectivity index (χ1v) is 6.32. The van der Waals surface area contributed by atoms with Crippen LogP contribution >= 0.6 is 0 Å². The molecule has 1 atom stereocenters. The van der Waals surface area contributed by atoms with Gasteiger partial charge in [-0.2, -0.15) is 0 Å². The number of hydrogen-bond acceptors (Lipinski definition) is 2. The molecule has 0 saturated carbocycles. The molecule has 0 aliphatic carbocycles. The number of urea groups is 1. The molecule has 1 aliphatic rings. The molecule has 5 heteroatoms. The van der Waals surface area contributed by atoms with Crippen LogP contribution in [-0.2, 0) is 4.79 Å². The zero-order valence-corrected chi connectivity index (χ0v) is 11.2. The Kier molecular flexibility index (Phi) is 3.74. The van der Waals surface area contributed by atoms with E-state index in [0.717, 1.165) is 11.3 Å². The van der Waals surface area contributed by atoms with Gasteiger partial charge in [-0.3, -0.25) is 9.69 Å². The highest BCUT2D eigenvalue weighted by atomic mass is 16.4. The lowest BCUT2D eigenvalue weighted by Gasteiger charge is -2.24. The molecule has 1 unspecified atom stereocenters. The Morgan fingerprint density at radius 2 is 2.11 bits per heavy atom. The van der Waals surface area contributed by atoms with E-state index in [9.17, 15) is 9.59 Å². The van der Waals surface area contributed by atoms with Gasteiger partial charge in [-0.15, -0.1) is 0 Å². The number of rotatable bonds is 4. The third-order valence-corrected chi connectivity index (χ3v) is 3.45. The largest absolute Gasteiger partial charge is 0.481 e. The summed E-state index contributed by atoms with van der Waals surface area (Å²) in [4.78, 5) is 26.3. The summed E-state index contributed by atoms with van der Waals surface area (Å²) >= 11 is 0. The molecule has 102 valence electrons. The van der Waals surface area contributed by atoms with Crippen molar-refractivity contribution in [1.29, 1.82) is 0 Å². The lowest BCUT2D eigenvalue weighted by molar-refractivity contribution is -0.137. The van der Waals surface area contributed by atoms with Crippen LogP contribution in [0.2, 0.25) is 0 Å². The van der Waals surface area contributed by atoms with Crippen molar-refractivity contribution in [3.8, 4) is 0 Å². The highest BCUT2D eigenvalue weighted by molar-refractivity contribution is 5.95. The van der Waals surface area contributed by atoms with Crippen molar-refractivity contribution in [3.63, 3.8) is 0 Å². The normalized spacial score (nSPS) is 19.1. The highest BCUT2D eigenvalue weighted by Crippen LogP contribution is 2.28. The molecule has 1 fully saturated rings. The Hall–Kier alpha value is -2.04. The van der Waals surface area contributed by atoms with Gasteiger partial charge in [0.05, 0.1) is 6.04 Å². The number of aliphatic carboxylic acids is 1. The summed E-state index contributed by atoms with van der Waals surface area (Å²) < 4.78 is 0. The van der Waals surface area contributed by atoms with Crippen LogP contribution in [0.15, 0.2) is 24.3 Å². The van der Waals surface area contributed by atoms with Gasteiger partial charge in [-0.05, 0) is 25.0 Å². The molecule has 0 bridgehead atoms. The van der Waals surface area contributed by atoms with Crippen molar-refractivity contribution in [1.82, 2.24) is 4.90 Å². The first-order valence-electron chi connectivity index (χ1n) is 6.32. The number of carbonyl (C=O) groups excluding carboxylic acids is 1. The maximum Gasteiger partial charge on any atom is 0.324 e. The predicted molar refractivity (Wildman–Crippen MR) is 72.3 cm³/mol. The molecule has 0 aromatic heterocycles. The van der Waals surface area contributed by atoms with E-state index >= 15 is 0 Å². The van der Waals surface area contributed by atoms with E-state index in [-0.39, 0.29) is 18.5 Å². The van der Waals surface area contributed by atoms with Crippen molar-refractivity contribution in [2.45, 2.75) is 25.8 Å². The lowest BCUT2D eigenvalue weighted by Crippen LogP contribution is -2.35. The van der Waals surface area contributed by atoms with E-state index in [4.69, 9.17) is 5.11 Å². The van der Waals surface area contributed by atoms with Gasteiger partial charge in [-0.25, -0.2) is 4.79 Å². The lowest BCUT2D eigenvalue weighted by atomic mass is 10.1. The van der Waals surface area contributed by atoms with Gasteiger partial charge in [0.25, 0.3) is 0 Å². The average Bonchev–Trinajstić information content (AvgIpc) is 2.64. The quantitative estimate of drug-likeness (QED) is 0.904. The van der Waals surface area contributed by atoms with Crippen molar-refractivity contribution in [3.05, 3.63) is 29.8 Å². The molecule has 1 saturated heterocycles. The summed E-state index contributed by atoms with van der Waals surface area (Å²) in [6, 6.07) is 7.53. The van der Waals surface area contributed by atoms with Gasteiger partial charge >= 0.3 is 12.0 Å². The van der Waals surface area contributed by atoms with E-state index in [2.05, 4.69) is 0 Å². The molecule has 5 nitrogen and oxygen atoms in total. The summed E-state index contributed by atoms with van der Waals surface area (Å²) in [5.74, 6) is -0.827. The Morgan fingerprint density at radius 3 is 2.74 bits per heavy atom. The van der Waals surface area contributed by atoms with Crippen LogP contribution in [0.25, 0.3) is 0 Å². The van der Waals surface area contributed by atoms with Gasteiger partial charge in [0.2, 0.25) is 0 Å². The Bertz CT molecular complexity index is 501. The molecule has 1 aliphatic heterocycles. The molecular formula is C14H18N2O3. The summed E-state index contributed by atoms with van der Waals surface area (Å²) in [5.41, 5.74) is 1.89. The number of carboxylic acid groups (broad SMARTS) is 1. The third kappa shape index (κ3) is 2.70. The Morgan fingerprint density at radius 1 is 1.42 bits per heavy atom. The number of carbonyl (C=O) groups is 2. The SMILES string of the molecule is Cc1ccccc1N1C(=O)N(C)CC1CCC(=O)O. The minimum absolute atomic E-state index is 0.0651. The van der Waals surface area contributed by atoms with E-state index < -0.39 is 5.97 Å². The maximum absolute atomic E-state index is 12.2. The number of carboxylic acids is 1. The summed E-state index contributed by atoms with van der Waals surface area (Å²) in [5, 5.41) is 8.80. The van der Waals surface area contributed by atoms with Crippen LogP contribution in [0, 0.1) is 6.92 Å². The van der Waals surface area contributed by atoms with Gasteiger partial charge in [-0.1, -0.05) is 18.2 Å². The number of benzene rings is 1. The van der Waals surface area contributed by atoms with E-state index in [1.165, 1.54) is 0 Å². The van der Waals surface area contributed by atoms with E-state index in [1.807, 2.05) is 31.2 Å². The number of aryl methyl sites for hydroxylation is 1. The molecule has 19 heavy (non-hydrogen) atoms. The summed E-state index contributed by atoms with van der Waals surface area (Å²) in [6.07, 6.45) is 0.550. The van der Waals surface area contributed by atoms with Gasteiger partial charge in [0.1, 0.15) is 0 Å². The molecule has 0 radical (unpaired) electrons. The van der Waals surface area contributed by atoms with Gasteiger partial charge in [0, 0.05) is 25.7 Å². The van der Waals surface area contributed by atoms with Crippen LogP contribution < -0.4 is 4.90 Å². The number of para-hydroxylation sites is 1. The summed E-state index contributed by atoms with van der Waals surface area (Å²) in [6.45, 7) is 2.52. The molecule has 1 N–H and O–H groups in total. The average molecular weight is 262 g/mol. The van der Waals surface area contributed by atoms with E-state index in [1.54, 1.807) is 16.8 Å². The van der Waals surface area contributed by atoms with Crippen molar-refractivity contribution in [2.75, 3.05) is 18.5 Å². The van der Waals surface area contributed by atoms with Crippen LogP contribution in [0.4, 0.5) is 10.5 Å². The second-order valence-corrected chi connectivity index (χ2v) is 4.91. The Balaban J connectivity index is 2.26. The molecule has 1 heterocycles. The van der Waals surface area contributed by atoms with Crippen LogP contribution in [-0.4, -0.2) is 41.6 Å². The first kappa shape index (κ1) is 13.4. The molecular weight excluding hydrogens is 244 g/mol. The van der Waals surface area contributed by atoms with Gasteiger partial charge < -0.3 is 10.0 Å². The minimum Gasteiger partial charge on any atom is -0.481 e. The van der Waals surface area contributed by atoms with Gasteiger partial charge in [0.15, 0.2) is 0 Å². The predicted octanol–water partition coefficient (Wildman–Crippen LogP) is 2.10. The fraction of sp³-hybridized carbons (Fsp3) is 0.429. The standard InChI is InChI=1S/C14H18N2O3/c1-10-5-3-4-6-12(10)16-11(7-8-13(17)18)9-15(2)14(16)19/h3-6,11H,7-9H2,1-2H3,(H,17,18). The molecule has 2 amide bonds. The number of nitrogens with zero attached hydrogens (tertiary/aromatic N) is 2. The molecule has 1 aromatic carbocycles. The fourth-order valence-electron chi connectivity index (χ4n) is 2.46. The maximum atomic E-state index is 12.2. The van der Waals surface area contributed by atoms with Crippen molar-refractivity contribution >= 4 is 17.7 Å². The van der Waals surface area contributed by atoms with Crippen LogP contribution in [0.1, 0.15) is 18.4 Å². The van der Waals surface area contributed by atoms with Crippen molar-refractivity contribution < 1.29 is 14.7 Å². The minimum atomic E-state index is -0.827. The number of hydrogen-bond donors (Lipinski definition) is 1. The van der Waals surface area contributed by atoms with Crippen LogP contribution in [0.5, 0.6) is 0 Å². The number of amides is 2. The van der Waals surface area contributed by atoms with Crippen LogP contribution in [0.3, 0.4) is 0 Å². The van der Waals surface area contributed by atoms with E-state index in [0.29, 0.717) is 13.0 Å². The zero-order valence-electron chi connectivity index (χ0n) is 11.2. The fourth-order valence-corrected chi connectivity index (χ4v) is 2.46.